The molecule has 0 atom stereocenters. The Hall–Kier alpha value is -2.89. The summed E-state index contributed by atoms with van der Waals surface area (Å²) in [6.45, 7) is 7.44. The maximum absolute atomic E-state index is 13.1. The first kappa shape index (κ1) is 25.7. The van der Waals surface area contributed by atoms with Crippen LogP contribution in [0.25, 0.3) is 6.08 Å². The van der Waals surface area contributed by atoms with Crippen molar-refractivity contribution in [3.63, 3.8) is 0 Å². The summed E-state index contributed by atoms with van der Waals surface area (Å²) in [6, 6.07) is 12.0. The van der Waals surface area contributed by atoms with E-state index in [0.29, 0.717) is 45.8 Å². The molecule has 6 nitrogen and oxygen atoms in total. The molecule has 2 aromatic rings. The number of pyridine rings is 1. The summed E-state index contributed by atoms with van der Waals surface area (Å²) in [4.78, 5) is 28.4. The predicted molar refractivity (Wildman–Crippen MR) is 144 cm³/mol. The van der Waals surface area contributed by atoms with E-state index >= 15 is 0 Å². The van der Waals surface area contributed by atoms with Crippen molar-refractivity contribution in [3.05, 3.63) is 67.8 Å². The topological polar surface area (TPSA) is 78.1 Å². The first-order chi connectivity index (χ1) is 16.4. The molecular weight excluding hydrogens is 464 g/mol. The molecule has 0 unspecified atom stereocenters. The standard InChI is InChI=1S/C26H30N4O2S2/c1-4-6-10-14-30-25(32)22(34-26(30)33)15-20-18(3)21(16-27)24(31)29(13-5-2)23(20)28-17-19-11-8-7-9-12-19/h7-9,11-12,15,28H,4-6,10,13-14,17H2,1-3H3/b22-15+. The molecule has 0 saturated carbocycles. The van der Waals surface area contributed by atoms with Gasteiger partial charge in [0.2, 0.25) is 0 Å². The number of benzene rings is 1. The van der Waals surface area contributed by atoms with Gasteiger partial charge in [0.05, 0.1) is 4.91 Å². The number of rotatable bonds is 10. The Balaban J connectivity index is 2.08. The first-order valence-corrected chi connectivity index (χ1v) is 12.9. The smallest absolute Gasteiger partial charge is 0.270 e. The van der Waals surface area contributed by atoms with Crippen LogP contribution in [-0.4, -0.2) is 26.2 Å². The average Bonchev–Trinajstić information content (AvgIpc) is 3.10. The third kappa shape index (κ3) is 5.60. The third-order valence-electron chi connectivity index (χ3n) is 5.76. The Morgan fingerprint density at radius 2 is 1.85 bits per heavy atom. The van der Waals surface area contributed by atoms with E-state index in [4.69, 9.17) is 12.2 Å². The Labute approximate surface area is 210 Å². The molecular formula is C26H30N4O2S2. The molecule has 8 heteroatoms. The van der Waals surface area contributed by atoms with E-state index < -0.39 is 0 Å². The lowest BCUT2D eigenvalue weighted by Gasteiger charge is -2.20. The van der Waals surface area contributed by atoms with Gasteiger partial charge in [-0.2, -0.15) is 5.26 Å². The lowest BCUT2D eigenvalue weighted by molar-refractivity contribution is -0.122. The van der Waals surface area contributed by atoms with E-state index in [0.717, 1.165) is 31.2 Å². The number of anilines is 1. The highest BCUT2D eigenvalue weighted by Gasteiger charge is 2.32. The second kappa shape index (κ2) is 12.0. The van der Waals surface area contributed by atoms with Crippen LogP contribution < -0.4 is 10.9 Å². The maximum Gasteiger partial charge on any atom is 0.270 e. The van der Waals surface area contributed by atoms with Gasteiger partial charge in [-0.15, -0.1) is 0 Å². The SMILES string of the molecule is CCCCCN1C(=O)/C(=C\c2c(C)c(C#N)c(=O)n(CCC)c2NCc2ccccc2)SC1=S. The van der Waals surface area contributed by atoms with Crippen LogP contribution in [0, 0.1) is 18.3 Å². The number of thioether (sulfide) groups is 1. The van der Waals surface area contributed by atoms with Gasteiger partial charge in [0, 0.05) is 25.2 Å². The second-order valence-electron chi connectivity index (χ2n) is 8.21. The third-order valence-corrected chi connectivity index (χ3v) is 7.14. The number of hydrogen-bond donors (Lipinski definition) is 1. The molecule has 1 amide bonds. The molecule has 178 valence electrons. The fraction of sp³-hybridized carbons (Fsp3) is 0.385. The van der Waals surface area contributed by atoms with Crippen LogP contribution in [0.15, 0.2) is 40.0 Å². The van der Waals surface area contributed by atoms with Crippen LogP contribution in [0.3, 0.4) is 0 Å². The number of hydrogen-bond acceptors (Lipinski definition) is 6. The van der Waals surface area contributed by atoms with Gasteiger partial charge in [-0.1, -0.05) is 81.0 Å². The van der Waals surface area contributed by atoms with Crippen LogP contribution in [0.1, 0.15) is 61.8 Å². The molecule has 1 aliphatic rings. The van der Waals surface area contributed by atoms with Crippen molar-refractivity contribution in [2.24, 2.45) is 0 Å². The zero-order valence-electron chi connectivity index (χ0n) is 19.9. The molecule has 1 saturated heterocycles. The zero-order valence-corrected chi connectivity index (χ0v) is 21.5. The van der Waals surface area contributed by atoms with Crippen LogP contribution in [0.4, 0.5) is 5.82 Å². The van der Waals surface area contributed by atoms with Gasteiger partial charge < -0.3 is 5.32 Å². The molecule has 0 aliphatic carbocycles. The highest BCUT2D eigenvalue weighted by molar-refractivity contribution is 8.26. The van der Waals surface area contributed by atoms with Crippen LogP contribution in [0.5, 0.6) is 0 Å². The highest BCUT2D eigenvalue weighted by atomic mass is 32.2. The van der Waals surface area contributed by atoms with E-state index in [1.807, 2.05) is 37.3 Å². The number of nitrogens with one attached hydrogen (secondary N) is 1. The maximum atomic E-state index is 13.1. The van der Waals surface area contributed by atoms with Gasteiger partial charge in [0.25, 0.3) is 11.5 Å². The minimum absolute atomic E-state index is 0.100. The van der Waals surface area contributed by atoms with Gasteiger partial charge in [0.1, 0.15) is 21.8 Å². The number of thiocarbonyl (C=S) groups is 1. The summed E-state index contributed by atoms with van der Waals surface area (Å²) in [6.07, 6.45) is 5.52. The largest absolute Gasteiger partial charge is 0.367 e. The van der Waals surface area contributed by atoms with Crippen LogP contribution in [-0.2, 0) is 17.9 Å². The van der Waals surface area contributed by atoms with Gasteiger partial charge in [-0.25, -0.2) is 0 Å². The fourth-order valence-corrected chi connectivity index (χ4v) is 5.21. The predicted octanol–water partition coefficient (Wildman–Crippen LogP) is 5.44. The molecule has 0 spiro atoms. The van der Waals surface area contributed by atoms with E-state index in [9.17, 15) is 14.9 Å². The lowest BCUT2D eigenvalue weighted by Crippen LogP contribution is -2.29. The number of aromatic nitrogens is 1. The minimum atomic E-state index is -0.318. The molecule has 1 aromatic heterocycles. The van der Waals surface area contributed by atoms with E-state index in [1.54, 1.807) is 22.5 Å². The zero-order chi connectivity index (χ0) is 24.7. The molecule has 1 N–H and O–H groups in total. The number of nitrogens with zero attached hydrogens (tertiary/aromatic N) is 3. The summed E-state index contributed by atoms with van der Waals surface area (Å²) in [5.74, 6) is 0.495. The van der Waals surface area contributed by atoms with Crippen molar-refractivity contribution < 1.29 is 4.79 Å². The van der Waals surface area contributed by atoms with Gasteiger partial charge in [-0.3, -0.25) is 19.1 Å². The summed E-state index contributed by atoms with van der Waals surface area (Å²) >= 11 is 6.76. The molecule has 34 heavy (non-hydrogen) atoms. The number of carbonyl (C=O) groups is 1. The van der Waals surface area contributed by atoms with Crippen LogP contribution >= 0.6 is 24.0 Å². The van der Waals surface area contributed by atoms with Crippen LogP contribution in [0.2, 0.25) is 0 Å². The van der Waals surface area contributed by atoms with Crippen molar-refractivity contribution in [1.82, 2.24) is 9.47 Å². The number of amides is 1. The molecule has 0 radical (unpaired) electrons. The molecule has 2 heterocycles. The number of nitriles is 1. The molecule has 1 fully saturated rings. The van der Waals surface area contributed by atoms with Gasteiger partial charge in [-0.05, 0) is 37.0 Å². The fourth-order valence-electron chi connectivity index (χ4n) is 3.92. The van der Waals surface area contributed by atoms with Gasteiger partial charge >= 0.3 is 0 Å². The van der Waals surface area contributed by atoms with Crippen molar-refractivity contribution in [1.29, 1.82) is 5.26 Å². The normalized spacial score (nSPS) is 14.6. The Morgan fingerprint density at radius 3 is 2.50 bits per heavy atom. The number of unbranched alkanes of at least 4 members (excludes halogenated alkanes) is 2. The van der Waals surface area contributed by atoms with E-state index in [2.05, 4.69) is 18.3 Å². The van der Waals surface area contributed by atoms with Crippen molar-refractivity contribution >= 4 is 46.1 Å². The summed E-state index contributed by atoms with van der Waals surface area (Å²) in [7, 11) is 0. The summed E-state index contributed by atoms with van der Waals surface area (Å²) in [5.41, 5.74) is 2.08. The Kier molecular flexibility index (Phi) is 9.08. The van der Waals surface area contributed by atoms with Crippen molar-refractivity contribution in [3.8, 4) is 6.07 Å². The molecule has 0 bridgehead atoms. The quantitative estimate of drug-likeness (QED) is 0.269. The second-order valence-corrected chi connectivity index (χ2v) is 9.89. The average molecular weight is 495 g/mol. The van der Waals surface area contributed by atoms with E-state index in [1.165, 1.54) is 11.8 Å². The monoisotopic (exact) mass is 494 g/mol. The number of carbonyl (C=O) groups excluding carboxylic acids is 1. The van der Waals surface area contributed by atoms with Crippen molar-refractivity contribution in [2.75, 3.05) is 11.9 Å². The minimum Gasteiger partial charge on any atom is -0.367 e. The molecule has 1 aromatic carbocycles. The molecule has 3 rings (SSSR count). The lowest BCUT2D eigenvalue weighted by atomic mass is 10.0. The Bertz CT molecular complexity index is 1200. The highest BCUT2D eigenvalue weighted by Crippen LogP contribution is 2.35. The summed E-state index contributed by atoms with van der Waals surface area (Å²) < 4.78 is 2.16. The molecule has 1 aliphatic heterocycles. The first-order valence-electron chi connectivity index (χ1n) is 11.6. The van der Waals surface area contributed by atoms with Gasteiger partial charge in [0.15, 0.2) is 0 Å². The summed E-state index contributed by atoms with van der Waals surface area (Å²) in [5, 5.41) is 13.1. The van der Waals surface area contributed by atoms with E-state index in [-0.39, 0.29) is 17.0 Å². The van der Waals surface area contributed by atoms with Crippen molar-refractivity contribution in [2.45, 2.75) is 59.5 Å². The Morgan fingerprint density at radius 1 is 1.12 bits per heavy atom.